The van der Waals surface area contributed by atoms with Gasteiger partial charge < -0.3 is 19.6 Å². The zero-order valence-electron chi connectivity index (χ0n) is 17.7. The Bertz CT molecular complexity index is 1610. The molecule has 0 unspecified atom stereocenters. The normalized spacial score (nSPS) is 15.5. The highest BCUT2D eigenvalue weighted by atomic mass is 19.3. The zero-order chi connectivity index (χ0) is 25.2. The second-order valence-corrected chi connectivity index (χ2v) is 8.03. The Labute approximate surface area is 192 Å². The number of alkyl halides is 2. The number of H-pyrrole nitrogens is 2. The van der Waals surface area contributed by atoms with Gasteiger partial charge in [-0.25, -0.2) is 26.7 Å². The molecule has 2 aromatic heterocycles. The average molecular weight is 491 g/mol. The van der Waals surface area contributed by atoms with Crippen LogP contribution in [0.15, 0.2) is 35.1 Å². The number of hydrogen-bond donors (Lipinski definition) is 2. The molecule has 2 N–H and O–H groups in total. The molecular weight excluding hydrogens is 477 g/mol. The number of carbonyl (C=O) groups excluding carboxylic acids is 2. The fourth-order valence-corrected chi connectivity index (χ4v) is 4.25. The van der Waals surface area contributed by atoms with E-state index < -0.39 is 52.9 Å². The van der Waals surface area contributed by atoms with E-state index in [9.17, 15) is 36.3 Å². The predicted octanol–water partition coefficient (Wildman–Crippen LogP) is 4.35. The monoisotopic (exact) mass is 491 g/mol. The van der Waals surface area contributed by atoms with Crippen molar-refractivity contribution < 1.29 is 36.3 Å². The number of ether oxygens (including phenoxy) is 1. The Balaban J connectivity index is 1.61. The summed E-state index contributed by atoms with van der Waals surface area (Å²) < 4.78 is 72.9. The summed E-state index contributed by atoms with van der Waals surface area (Å²) in [5.41, 5.74) is -1.93. The highest BCUT2D eigenvalue weighted by molar-refractivity contribution is 6.01. The van der Waals surface area contributed by atoms with Gasteiger partial charge in [0.15, 0.2) is 11.6 Å². The van der Waals surface area contributed by atoms with Crippen molar-refractivity contribution in [1.29, 1.82) is 0 Å². The fraction of sp³-hybridized carbons (Fsp3) is 0.174. The maximum absolute atomic E-state index is 14.1. The molecule has 3 heterocycles. The number of cyclic esters (lactones) is 1. The van der Waals surface area contributed by atoms with Gasteiger partial charge in [-0.15, -0.1) is 0 Å². The van der Waals surface area contributed by atoms with Gasteiger partial charge in [0.25, 0.3) is 17.9 Å². The van der Waals surface area contributed by atoms with Gasteiger partial charge in [0.05, 0.1) is 17.0 Å². The van der Waals surface area contributed by atoms with Crippen LogP contribution in [0.25, 0.3) is 21.7 Å². The first-order valence-electron chi connectivity index (χ1n) is 10.2. The number of nitrogens with zero attached hydrogens (tertiary/aromatic N) is 1. The maximum Gasteiger partial charge on any atom is 0.355 e. The van der Waals surface area contributed by atoms with E-state index >= 15 is 0 Å². The lowest BCUT2D eigenvalue weighted by Crippen LogP contribution is -2.39. The standard InChI is InChI=1S/C23H14F5N3O4/c1-31(22(33)16-3-8-2-12(24)11(20(27)28)6-15(8)29-16)17-7-35-23(34)19-18(17)9-4-13(25)14(26)5-10(9)21(32)30-19/h2-6,17,20,29H,7H2,1H3,(H,30,32)/t17-/m0/s1. The molecule has 0 bridgehead atoms. The quantitative estimate of drug-likeness (QED) is 0.329. The van der Waals surface area contributed by atoms with Crippen molar-refractivity contribution in [1.82, 2.24) is 14.9 Å². The van der Waals surface area contributed by atoms with Crippen molar-refractivity contribution in [3.05, 3.63) is 80.7 Å². The van der Waals surface area contributed by atoms with E-state index in [4.69, 9.17) is 4.74 Å². The van der Waals surface area contributed by atoms with Gasteiger partial charge >= 0.3 is 5.97 Å². The van der Waals surface area contributed by atoms with Crippen LogP contribution in [0.4, 0.5) is 22.0 Å². The van der Waals surface area contributed by atoms with Crippen LogP contribution in [-0.4, -0.2) is 40.4 Å². The van der Waals surface area contributed by atoms with Gasteiger partial charge in [0.2, 0.25) is 0 Å². The van der Waals surface area contributed by atoms with Crippen molar-refractivity contribution in [2.24, 2.45) is 0 Å². The number of aromatic amines is 2. The van der Waals surface area contributed by atoms with Crippen LogP contribution in [-0.2, 0) is 4.74 Å². The Morgan fingerprint density at radius 3 is 2.37 bits per heavy atom. The first kappa shape index (κ1) is 22.6. The molecule has 1 atom stereocenters. The first-order valence-corrected chi connectivity index (χ1v) is 10.2. The summed E-state index contributed by atoms with van der Waals surface area (Å²) >= 11 is 0. The summed E-state index contributed by atoms with van der Waals surface area (Å²) in [6.45, 7) is -0.363. The van der Waals surface area contributed by atoms with Crippen molar-refractivity contribution in [2.45, 2.75) is 12.5 Å². The lowest BCUT2D eigenvalue weighted by Gasteiger charge is -2.32. The van der Waals surface area contributed by atoms with Gasteiger partial charge in [0.1, 0.15) is 23.8 Å². The van der Waals surface area contributed by atoms with Crippen molar-refractivity contribution in [3.63, 3.8) is 0 Å². The van der Waals surface area contributed by atoms with Gasteiger partial charge in [0, 0.05) is 23.5 Å². The Morgan fingerprint density at radius 2 is 1.69 bits per heavy atom. The number of esters is 1. The molecule has 7 nitrogen and oxygen atoms in total. The molecule has 35 heavy (non-hydrogen) atoms. The first-order chi connectivity index (χ1) is 16.6. The molecule has 0 saturated heterocycles. The Kier molecular flexibility index (Phi) is 5.11. The summed E-state index contributed by atoms with van der Waals surface area (Å²) in [4.78, 5) is 44.0. The van der Waals surface area contributed by atoms with Crippen LogP contribution in [0.1, 0.15) is 44.6 Å². The maximum atomic E-state index is 14.1. The predicted molar refractivity (Wildman–Crippen MR) is 113 cm³/mol. The van der Waals surface area contributed by atoms with Crippen LogP contribution in [0.5, 0.6) is 0 Å². The molecule has 4 aromatic rings. The topological polar surface area (TPSA) is 95.3 Å². The van der Waals surface area contributed by atoms with Crippen LogP contribution < -0.4 is 5.56 Å². The molecule has 1 aliphatic heterocycles. The summed E-state index contributed by atoms with van der Waals surface area (Å²) in [5.74, 6) is -5.27. The number of likely N-dealkylation sites (N-methyl/N-ethyl adjacent to an activating group) is 1. The smallest absolute Gasteiger partial charge is 0.355 e. The lowest BCUT2D eigenvalue weighted by molar-refractivity contribution is 0.0281. The Hall–Kier alpha value is -4.22. The molecule has 0 fully saturated rings. The zero-order valence-corrected chi connectivity index (χ0v) is 17.7. The number of amides is 1. The van der Waals surface area contributed by atoms with Crippen LogP contribution in [0.2, 0.25) is 0 Å². The van der Waals surface area contributed by atoms with Gasteiger partial charge in [-0.05, 0) is 35.7 Å². The minimum Gasteiger partial charge on any atom is -0.458 e. The van der Waals surface area contributed by atoms with E-state index in [1.54, 1.807) is 0 Å². The third-order valence-corrected chi connectivity index (χ3v) is 6.00. The highest BCUT2D eigenvalue weighted by Gasteiger charge is 2.36. The third-order valence-electron chi connectivity index (χ3n) is 6.00. The Morgan fingerprint density at radius 1 is 1.00 bits per heavy atom. The highest BCUT2D eigenvalue weighted by Crippen LogP contribution is 2.35. The molecule has 12 heteroatoms. The minimum absolute atomic E-state index is 0.0488. The number of carbonyl (C=O) groups is 2. The molecule has 0 radical (unpaired) electrons. The van der Waals surface area contributed by atoms with Crippen LogP contribution >= 0.6 is 0 Å². The molecule has 0 spiro atoms. The number of hydrogen-bond acceptors (Lipinski definition) is 4. The lowest BCUT2D eigenvalue weighted by atomic mass is 9.95. The number of nitrogens with one attached hydrogen (secondary N) is 2. The van der Waals surface area contributed by atoms with E-state index in [0.717, 1.165) is 23.1 Å². The largest absolute Gasteiger partial charge is 0.458 e. The molecule has 180 valence electrons. The molecule has 2 aromatic carbocycles. The van der Waals surface area contributed by atoms with E-state index in [0.29, 0.717) is 6.07 Å². The van der Waals surface area contributed by atoms with Gasteiger partial charge in [-0.3, -0.25) is 9.59 Å². The number of rotatable bonds is 3. The minimum atomic E-state index is -3.06. The summed E-state index contributed by atoms with van der Waals surface area (Å²) in [6.07, 6.45) is -3.06. The molecule has 0 saturated carbocycles. The van der Waals surface area contributed by atoms with Crippen LogP contribution in [0.3, 0.4) is 0 Å². The second kappa shape index (κ2) is 7.93. The number of pyridine rings is 1. The van der Waals surface area contributed by atoms with Crippen molar-refractivity contribution in [2.75, 3.05) is 13.7 Å². The summed E-state index contributed by atoms with van der Waals surface area (Å²) in [6, 6.07) is 3.47. The molecule has 5 rings (SSSR count). The van der Waals surface area contributed by atoms with Crippen molar-refractivity contribution >= 4 is 33.6 Å². The molecular formula is C23H14F5N3O4. The second-order valence-electron chi connectivity index (χ2n) is 8.03. The fourth-order valence-electron chi connectivity index (χ4n) is 4.25. The van der Waals surface area contributed by atoms with E-state index in [-0.39, 0.29) is 45.2 Å². The van der Waals surface area contributed by atoms with E-state index in [1.807, 2.05) is 0 Å². The summed E-state index contributed by atoms with van der Waals surface area (Å²) in [7, 11) is 1.34. The number of fused-ring (bicyclic) bond motifs is 4. The molecule has 1 amide bonds. The average Bonchev–Trinajstić information content (AvgIpc) is 3.22. The SMILES string of the molecule is CN(C(=O)c1cc2cc(F)c(C(F)F)cc2[nH]1)[C@H]1COC(=O)c2[nH]c(=O)c3cc(F)c(F)cc3c21. The number of benzene rings is 2. The van der Waals surface area contributed by atoms with E-state index in [1.165, 1.54) is 13.1 Å². The molecule has 1 aliphatic rings. The number of aromatic nitrogens is 2. The molecule has 0 aliphatic carbocycles. The van der Waals surface area contributed by atoms with E-state index in [2.05, 4.69) is 9.97 Å². The van der Waals surface area contributed by atoms with Crippen LogP contribution in [0, 0.1) is 17.5 Å². The summed E-state index contributed by atoms with van der Waals surface area (Å²) in [5, 5.41) is -0.139. The van der Waals surface area contributed by atoms with Crippen molar-refractivity contribution in [3.8, 4) is 0 Å². The van der Waals surface area contributed by atoms with Gasteiger partial charge in [-0.1, -0.05) is 0 Å². The number of halogens is 5. The third kappa shape index (κ3) is 3.52. The van der Waals surface area contributed by atoms with Gasteiger partial charge in [-0.2, -0.15) is 0 Å².